The predicted octanol–water partition coefficient (Wildman–Crippen LogP) is 2.31. The van der Waals surface area contributed by atoms with Gasteiger partial charge in [-0.3, -0.25) is 5.10 Å². The van der Waals surface area contributed by atoms with E-state index in [1.807, 2.05) is 30.3 Å². The van der Waals surface area contributed by atoms with E-state index in [0.717, 1.165) is 36.6 Å². The molecule has 4 nitrogen and oxygen atoms in total. The SMILES string of the molecule is CC(CCCN)c1nc(-c2ccccc2)n[nH]1. The van der Waals surface area contributed by atoms with E-state index in [4.69, 9.17) is 5.73 Å². The van der Waals surface area contributed by atoms with Gasteiger partial charge in [0.05, 0.1) is 0 Å². The van der Waals surface area contributed by atoms with Gasteiger partial charge in [-0.25, -0.2) is 4.98 Å². The highest BCUT2D eigenvalue weighted by molar-refractivity contribution is 5.53. The van der Waals surface area contributed by atoms with Crippen LogP contribution in [0.1, 0.15) is 31.5 Å². The number of hydrogen-bond acceptors (Lipinski definition) is 3. The van der Waals surface area contributed by atoms with Crippen LogP contribution in [-0.4, -0.2) is 21.7 Å². The minimum atomic E-state index is 0.378. The van der Waals surface area contributed by atoms with Crippen molar-refractivity contribution in [2.45, 2.75) is 25.7 Å². The molecule has 0 radical (unpaired) electrons. The maximum absolute atomic E-state index is 5.50. The Balaban J connectivity index is 2.11. The highest BCUT2D eigenvalue weighted by Crippen LogP contribution is 2.20. The molecule has 0 bridgehead atoms. The van der Waals surface area contributed by atoms with E-state index >= 15 is 0 Å². The monoisotopic (exact) mass is 230 g/mol. The Bertz CT molecular complexity index is 449. The molecule has 0 aliphatic rings. The number of nitrogens with two attached hydrogens (primary N) is 1. The number of nitrogens with one attached hydrogen (secondary N) is 1. The van der Waals surface area contributed by atoms with Crippen LogP contribution in [0.25, 0.3) is 11.4 Å². The van der Waals surface area contributed by atoms with Crippen LogP contribution >= 0.6 is 0 Å². The maximum Gasteiger partial charge on any atom is 0.181 e. The first kappa shape index (κ1) is 11.8. The van der Waals surface area contributed by atoms with Crippen LogP contribution in [0.4, 0.5) is 0 Å². The van der Waals surface area contributed by atoms with E-state index in [2.05, 4.69) is 22.1 Å². The summed E-state index contributed by atoms with van der Waals surface area (Å²) in [6, 6.07) is 9.99. The van der Waals surface area contributed by atoms with Gasteiger partial charge in [-0.05, 0) is 19.4 Å². The first-order valence-corrected chi connectivity index (χ1v) is 5.99. The number of aromatic nitrogens is 3. The van der Waals surface area contributed by atoms with Crippen molar-refractivity contribution < 1.29 is 0 Å². The molecule has 1 unspecified atom stereocenters. The van der Waals surface area contributed by atoms with E-state index < -0.39 is 0 Å². The summed E-state index contributed by atoms with van der Waals surface area (Å²) in [5.41, 5.74) is 6.55. The number of hydrogen-bond donors (Lipinski definition) is 2. The predicted molar refractivity (Wildman–Crippen MR) is 68.5 cm³/mol. The van der Waals surface area contributed by atoms with E-state index in [1.54, 1.807) is 0 Å². The highest BCUT2D eigenvalue weighted by Gasteiger charge is 2.11. The molecule has 1 atom stereocenters. The van der Waals surface area contributed by atoms with Crippen LogP contribution in [0.2, 0.25) is 0 Å². The van der Waals surface area contributed by atoms with Crippen molar-refractivity contribution >= 4 is 0 Å². The van der Waals surface area contributed by atoms with Gasteiger partial charge in [-0.15, -0.1) is 0 Å². The van der Waals surface area contributed by atoms with Crippen LogP contribution in [0, 0.1) is 0 Å². The Labute approximate surface area is 101 Å². The van der Waals surface area contributed by atoms with E-state index in [1.165, 1.54) is 0 Å². The molecule has 1 aromatic heterocycles. The van der Waals surface area contributed by atoms with E-state index in [-0.39, 0.29) is 0 Å². The normalized spacial score (nSPS) is 12.6. The fourth-order valence-corrected chi connectivity index (χ4v) is 1.77. The summed E-state index contributed by atoms with van der Waals surface area (Å²) in [4.78, 5) is 4.53. The average molecular weight is 230 g/mol. The smallest absolute Gasteiger partial charge is 0.181 e. The third-order valence-electron chi connectivity index (χ3n) is 2.84. The van der Waals surface area contributed by atoms with Gasteiger partial charge in [0.25, 0.3) is 0 Å². The largest absolute Gasteiger partial charge is 0.330 e. The second kappa shape index (κ2) is 5.59. The first-order valence-electron chi connectivity index (χ1n) is 5.99. The second-order valence-electron chi connectivity index (χ2n) is 4.24. The second-order valence-corrected chi connectivity index (χ2v) is 4.24. The summed E-state index contributed by atoms with van der Waals surface area (Å²) in [7, 11) is 0. The van der Waals surface area contributed by atoms with E-state index in [0.29, 0.717) is 5.92 Å². The fraction of sp³-hybridized carbons (Fsp3) is 0.385. The molecule has 1 heterocycles. The van der Waals surface area contributed by atoms with Gasteiger partial charge in [-0.1, -0.05) is 37.3 Å². The Morgan fingerprint density at radius 2 is 2.06 bits per heavy atom. The summed E-state index contributed by atoms with van der Waals surface area (Å²) < 4.78 is 0. The topological polar surface area (TPSA) is 67.6 Å². The molecule has 0 amide bonds. The van der Waals surface area contributed by atoms with Crippen molar-refractivity contribution in [2.75, 3.05) is 6.54 Å². The molecule has 4 heteroatoms. The highest BCUT2D eigenvalue weighted by atomic mass is 15.2. The molecule has 17 heavy (non-hydrogen) atoms. The molecule has 3 N–H and O–H groups in total. The zero-order valence-electron chi connectivity index (χ0n) is 10.1. The van der Waals surface area contributed by atoms with Crippen molar-refractivity contribution in [3.8, 4) is 11.4 Å². The summed E-state index contributed by atoms with van der Waals surface area (Å²) in [6.07, 6.45) is 2.06. The van der Waals surface area contributed by atoms with Gasteiger partial charge in [-0.2, -0.15) is 5.10 Å². The van der Waals surface area contributed by atoms with Gasteiger partial charge in [0.15, 0.2) is 5.82 Å². The van der Waals surface area contributed by atoms with Crippen LogP contribution in [0.15, 0.2) is 30.3 Å². The molecule has 0 aliphatic heterocycles. The van der Waals surface area contributed by atoms with Crippen molar-refractivity contribution in [3.63, 3.8) is 0 Å². The lowest BCUT2D eigenvalue weighted by atomic mass is 10.1. The average Bonchev–Trinajstić information content (AvgIpc) is 2.86. The Morgan fingerprint density at radius 1 is 1.29 bits per heavy atom. The van der Waals surface area contributed by atoms with Gasteiger partial charge in [0.1, 0.15) is 5.82 Å². The molecule has 0 fully saturated rings. The van der Waals surface area contributed by atoms with Crippen LogP contribution in [0.3, 0.4) is 0 Å². The number of rotatable bonds is 5. The van der Waals surface area contributed by atoms with Gasteiger partial charge in [0.2, 0.25) is 0 Å². The van der Waals surface area contributed by atoms with Gasteiger partial charge in [0, 0.05) is 11.5 Å². The fourth-order valence-electron chi connectivity index (χ4n) is 1.77. The molecule has 0 spiro atoms. The maximum atomic E-state index is 5.50. The summed E-state index contributed by atoms with van der Waals surface area (Å²) >= 11 is 0. The summed E-state index contributed by atoms with van der Waals surface area (Å²) in [6.45, 7) is 2.87. The number of aromatic amines is 1. The molecule has 2 rings (SSSR count). The van der Waals surface area contributed by atoms with Crippen molar-refractivity contribution in [3.05, 3.63) is 36.2 Å². The van der Waals surface area contributed by atoms with Crippen molar-refractivity contribution in [1.82, 2.24) is 15.2 Å². The molecule has 0 saturated carbocycles. The number of nitrogens with zero attached hydrogens (tertiary/aromatic N) is 2. The standard InChI is InChI=1S/C13H18N4/c1-10(6-5-9-14)12-15-13(17-16-12)11-7-3-2-4-8-11/h2-4,7-8,10H,5-6,9,14H2,1H3,(H,15,16,17). The third kappa shape index (κ3) is 2.91. The zero-order valence-corrected chi connectivity index (χ0v) is 10.1. The minimum Gasteiger partial charge on any atom is -0.330 e. The molecule has 0 saturated heterocycles. The quantitative estimate of drug-likeness (QED) is 0.828. The minimum absolute atomic E-state index is 0.378. The zero-order chi connectivity index (χ0) is 12.1. The van der Waals surface area contributed by atoms with Crippen LogP contribution in [0.5, 0.6) is 0 Å². The summed E-state index contributed by atoms with van der Waals surface area (Å²) in [5.74, 6) is 2.08. The molecule has 0 aliphatic carbocycles. The number of benzene rings is 1. The third-order valence-corrected chi connectivity index (χ3v) is 2.84. The Hall–Kier alpha value is -1.68. The van der Waals surface area contributed by atoms with Crippen LogP contribution in [-0.2, 0) is 0 Å². The van der Waals surface area contributed by atoms with Crippen LogP contribution < -0.4 is 5.73 Å². The number of H-pyrrole nitrogens is 1. The molecular formula is C13H18N4. The Morgan fingerprint density at radius 3 is 2.76 bits per heavy atom. The Kier molecular flexibility index (Phi) is 3.88. The van der Waals surface area contributed by atoms with E-state index in [9.17, 15) is 0 Å². The van der Waals surface area contributed by atoms with Gasteiger partial charge < -0.3 is 5.73 Å². The van der Waals surface area contributed by atoms with Gasteiger partial charge >= 0.3 is 0 Å². The van der Waals surface area contributed by atoms with Crippen molar-refractivity contribution in [1.29, 1.82) is 0 Å². The lowest BCUT2D eigenvalue weighted by molar-refractivity contribution is 0.611. The van der Waals surface area contributed by atoms with Crippen molar-refractivity contribution in [2.24, 2.45) is 5.73 Å². The lowest BCUT2D eigenvalue weighted by Gasteiger charge is -2.05. The first-order chi connectivity index (χ1) is 8.31. The molecule has 1 aromatic carbocycles. The summed E-state index contributed by atoms with van der Waals surface area (Å²) in [5, 5.41) is 7.26. The molecule has 2 aromatic rings. The molecular weight excluding hydrogens is 212 g/mol. The molecule has 90 valence electrons. The lowest BCUT2D eigenvalue weighted by Crippen LogP contribution is -2.03.